The fourth-order valence-corrected chi connectivity index (χ4v) is 10.6. The molecule has 3 heterocycles. The minimum absolute atomic E-state index is 0.591. The molecule has 0 fully saturated rings. The summed E-state index contributed by atoms with van der Waals surface area (Å²) in [6.45, 7) is 8.07. The van der Waals surface area contributed by atoms with E-state index in [4.69, 9.17) is 16.5 Å². The summed E-state index contributed by atoms with van der Waals surface area (Å²) in [5, 5.41) is 14.6. The Morgan fingerprint density at radius 3 is 1.47 bits per heavy atom. The Bertz CT molecular complexity index is 4130. The maximum absolute atomic E-state index is 10.3. The second-order valence-corrected chi connectivity index (χ2v) is 17.9. The van der Waals surface area contributed by atoms with Crippen LogP contribution < -0.4 is 0 Å². The van der Waals surface area contributed by atoms with Gasteiger partial charge in [-0.25, -0.2) is 14.8 Å². The van der Waals surface area contributed by atoms with Gasteiger partial charge in [-0.15, -0.1) is 0 Å². The number of rotatable bonds is 8. The lowest BCUT2D eigenvalue weighted by molar-refractivity contribution is 1.15. The van der Waals surface area contributed by atoms with Crippen LogP contribution >= 0.6 is 0 Å². The molecule has 0 bridgehead atoms. The summed E-state index contributed by atoms with van der Waals surface area (Å²) >= 11 is 0. The van der Waals surface area contributed by atoms with Gasteiger partial charge in [-0.05, 0) is 82.9 Å². The van der Waals surface area contributed by atoms with Crippen LogP contribution in [0.3, 0.4) is 0 Å². The minimum Gasteiger partial charge on any atom is -0.309 e. The van der Waals surface area contributed by atoms with Crippen molar-refractivity contribution < 1.29 is 0 Å². The van der Waals surface area contributed by atoms with Gasteiger partial charge < -0.3 is 9.13 Å². The Labute approximate surface area is 416 Å². The third-order valence-corrected chi connectivity index (χ3v) is 13.8. The summed E-state index contributed by atoms with van der Waals surface area (Å²) in [6.07, 6.45) is 0. The van der Waals surface area contributed by atoms with Gasteiger partial charge in [0.1, 0.15) is 0 Å². The van der Waals surface area contributed by atoms with Gasteiger partial charge in [0.25, 0.3) is 0 Å². The summed E-state index contributed by atoms with van der Waals surface area (Å²) in [5.41, 5.74) is 17.4. The van der Waals surface area contributed by atoms with Gasteiger partial charge in [0.05, 0.1) is 63.0 Å². The Kier molecular flexibility index (Phi) is 10.2. The number of nitriles is 1. The zero-order valence-electron chi connectivity index (χ0n) is 38.8. The number of para-hydroxylation sites is 4. The standard InChI is InChI=1S/C66H40N6/c1-68-56-30-14-10-25-49(56)46-36-38-63-55(40-46)54-39-45(48-24-9-8-23-47(48)42-67)35-37-62(54)72(63)64-34-18-29-53(66-69-57(43-19-4-2-5-20-43)41-58(70-66)44-21-6-3-7-22-44)65(64)52-28-13-17-33-61(52)71-59-31-15-11-26-50(59)51-27-12-16-32-60(51)71/h2-41H. The molecular weight excluding hydrogens is 877 g/mol. The second-order valence-electron chi connectivity index (χ2n) is 17.9. The smallest absolute Gasteiger partial charge is 0.194 e. The highest BCUT2D eigenvalue weighted by Crippen LogP contribution is 2.46. The third-order valence-electron chi connectivity index (χ3n) is 13.8. The van der Waals surface area contributed by atoms with Crippen molar-refractivity contribution in [2.24, 2.45) is 0 Å². The molecule has 0 amide bonds. The van der Waals surface area contributed by atoms with Crippen LogP contribution in [0.25, 0.3) is 127 Å². The van der Waals surface area contributed by atoms with Gasteiger partial charge >= 0.3 is 0 Å². The predicted octanol–water partition coefficient (Wildman–Crippen LogP) is 17.1. The van der Waals surface area contributed by atoms with Crippen molar-refractivity contribution in [2.75, 3.05) is 0 Å². The van der Waals surface area contributed by atoms with E-state index in [2.05, 4.69) is 178 Å². The average molecular weight is 917 g/mol. The Morgan fingerprint density at radius 1 is 0.375 bits per heavy atom. The molecule has 72 heavy (non-hydrogen) atoms. The van der Waals surface area contributed by atoms with E-state index in [1.165, 1.54) is 10.8 Å². The van der Waals surface area contributed by atoms with E-state index >= 15 is 0 Å². The fraction of sp³-hybridized carbons (Fsp3) is 0. The predicted molar refractivity (Wildman–Crippen MR) is 294 cm³/mol. The van der Waals surface area contributed by atoms with E-state index in [9.17, 15) is 5.26 Å². The van der Waals surface area contributed by atoms with E-state index < -0.39 is 0 Å². The molecule has 0 saturated carbocycles. The summed E-state index contributed by atoms with van der Waals surface area (Å²) in [5.74, 6) is 0.596. The van der Waals surface area contributed by atoms with Crippen molar-refractivity contribution in [1.29, 1.82) is 5.26 Å². The first-order valence-electron chi connectivity index (χ1n) is 23.9. The van der Waals surface area contributed by atoms with E-state index in [0.717, 1.165) is 106 Å². The van der Waals surface area contributed by atoms with Crippen molar-refractivity contribution in [3.63, 3.8) is 0 Å². The molecule has 6 nitrogen and oxygen atoms in total. The fourth-order valence-electron chi connectivity index (χ4n) is 10.6. The van der Waals surface area contributed by atoms with Crippen LogP contribution in [0.15, 0.2) is 243 Å². The van der Waals surface area contributed by atoms with Crippen molar-refractivity contribution in [1.82, 2.24) is 19.1 Å². The highest BCUT2D eigenvalue weighted by Gasteiger charge is 2.25. The van der Waals surface area contributed by atoms with Crippen LogP contribution in [0, 0.1) is 17.9 Å². The largest absolute Gasteiger partial charge is 0.309 e. The van der Waals surface area contributed by atoms with Crippen molar-refractivity contribution in [3.05, 3.63) is 260 Å². The molecule has 6 heteroatoms. The molecule has 3 aromatic heterocycles. The van der Waals surface area contributed by atoms with Gasteiger partial charge in [0, 0.05) is 49.4 Å². The first kappa shape index (κ1) is 42.0. The van der Waals surface area contributed by atoms with E-state index in [1.807, 2.05) is 84.9 Å². The zero-order chi connectivity index (χ0) is 48.1. The molecule has 0 aliphatic heterocycles. The molecule has 334 valence electrons. The van der Waals surface area contributed by atoms with Gasteiger partial charge in [0.15, 0.2) is 11.5 Å². The summed E-state index contributed by atoms with van der Waals surface area (Å²) in [6, 6.07) is 86.2. The molecule has 0 spiro atoms. The van der Waals surface area contributed by atoms with Crippen LogP contribution in [-0.4, -0.2) is 19.1 Å². The zero-order valence-corrected chi connectivity index (χ0v) is 38.8. The third kappa shape index (κ3) is 6.94. The van der Waals surface area contributed by atoms with Crippen molar-refractivity contribution >= 4 is 49.3 Å². The lowest BCUT2D eigenvalue weighted by Crippen LogP contribution is -2.04. The first-order valence-corrected chi connectivity index (χ1v) is 23.9. The molecule has 13 rings (SSSR count). The topological polar surface area (TPSA) is 63.8 Å². The number of hydrogen-bond donors (Lipinski definition) is 0. The van der Waals surface area contributed by atoms with Gasteiger partial charge in [-0.1, -0.05) is 182 Å². The van der Waals surface area contributed by atoms with Crippen LogP contribution in [0.5, 0.6) is 0 Å². The van der Waals surface area contributed by atoms with E-state index in [-0.39, 0.29) is 0 Å². The molecule has 0 aliphatic carbocycles. The molecule has 0 aliphatic rings. The highest BCUT2D eigenvalue weighted by atomic mass is 15.0. The Morgan fingerprint density at radius 2 is 0.847 bits per heavy atom. The Hall–Kier alpha value is -10.1. The van der Waals surface area contributed by atoms with Crippen LogP contribution in [-0.2, 0) is 0 Å². The molecule has 0 unspecified atom stereocenters. The van der Waals surface area contributed by atoms with Gasteiger partial charge in [-0.3, -0.25) is 0 Å². The molecule has 0 N–H and O–H groups in total. The summed E-state index contributed by atoms with van der Waals surface area (Å²) in [7, 11) is 0. The maximum Gasteiger partial charge on any atom is 0.194 e. The number of hydrogen-bond acceptors (Lipinski definition) is 3. The monoisotopic (exact) mass is 916 g/mol. The Balaban J connectivity index is 1.16. The lowest BCUT2D eigenvalue weighted by atomic mass is 9.94. The van der Waals surface area contributed by atoms with Gasteiger partial charge in [-0.2, -0.15) is 5.26 Å². The molecule has 0 atom stereocenters. The lowest BCUT2D eigenvalue weighted by Gasteiger charge is -2.21. The molecule has 0 saturated heterocycles. The van der Waals surface area contributed by atoms with E-state index in [1.54, 1.807) is 0 Å². The highest BCUT2D eigenvalue weighted by molar-refractivity contribution is 6.14. The molecule has 10 aromatic carbocycles. The first-order chi connectivity index (χ1) is 35.6. The molecular formula is C66H40N6. The summed E-state index contributed by atoms with van der Waals surface area (Å²) in [4.78, 5) is 14.9. The SMILES string of the molecule is [C-]#[N+]c1ccccc1-c1ccc2c(c1)c1cc(-c3ccccc3C#N)ccc1n2-c1cccc(-c2nc(-c3ccccc3)cc(-c3ccccc3)n2)c1-c1ccccc1-n1c2ccccc2c2ccccc21. The molecule has 0 radical (unpaired) electrons. The average Bonchev–Trinajstić information content (AvgIpc) is 3.97. The van der Waals surface area contributed by atoms with Crippen molar-refractivity contribution in [2.45, 2.75) is 0 Å². The second kappa shape index (κ2) is 17.4. The number of aromatic nitrogens is 4. The van der Waals surface area contributed by atoms with E-state index in [0.29, 0.717) is 17.1 Å². The van der Waals surface area contributed by atoms with Crippen LogP contribution in [0.4, 0.5) is 5.69 Å². The maximum atomic E-state index is 10.3. The van der Waals surface area contributed by atoms with Gasteiger partial charge in [0.2, 0.25) is 0 Å². The number of fused-ring (bicyclic) bond motifs is 6. The quantitative estimate of drug-likeness (QED) is 0.143. The van der Waals surface area contributed by atoms with Crippen LogP contribution in [0.2, 0.25) is 0 Å². The summed E-state index contributed by atoms with van der Waals surface area (Å²) < 4.78 is 4.76. The minimum atomic E-state index is 0.591. The normalized spacial score (nSPS) is 11.3. The van der Waals surface area contributed by atoms with Crippen molar-refractivity contribution in [3.8, 4) is 84.7 Å². The van der Waals surface area contributed by atoms with Crippen LogP contribution in [0.1, 0.15) is 5.56 Å². The number of benzene rings is 10. The number of nitrogens with zero attached hydrogens (tertiary/aromatic N) is 6. The molecule has 13 aromatic rings.